The van der Waals surface area contributed by atoms with Gasteiger partial charge in [-0.15, -0.1) is 0 Å². The first-order valence-electron chi connectivity index (χ1n) is 38.0. The van der Waals surface area contributed by atoms with E-state index in [-0.39, 0.29) is 112 Å². The Kier molecular flexibility index (Phi) is 48.2. The maximum atomic E-state index is 15.1. The van der Waals surface area contributed by atoms with Crippen LogP contribution in [0.3, 0.4) is 0 Å². The molecule has 11 amide bonds. The third-order valence-electron chi connectivity index (χ3n) is 18.6. The van der Waals surface area contributed by atoms with Crippen molar-refractivity contribution in [2.24, 2.45) is 5.92 Å². The van der Waals surface area contributed by atoms with Crippen molar-refractivity contribution in [1.82, 2.24) is 57.7 Å². The molecule has 3 heterocycles. The lowest BCUT2D eigenvalue weighted by molar-refractivity contribution is -0.272. The van der Waals surface area contributed by atoms with Crippen molar-refractivity contribution >= 4 is 65.0 Å². The molecule has 4 fully saturated rings. The number of amides is 11. The maximum Gasteiger partial charge on any atom is 0.246 e. The highest BCUT2D eigenvalue weighted by molar-refractivity contribution is 5.95. The van der Waals surface area contributed by atoms with Gasteiger partial charge in [-0.3, -0.25) is 52.7 Å². The molecule has 0 aromatic rings. The molecule has 116 heavy (non-hydrogen) atoms. The summed E-state index contributed by atoms with van der Waals surface area (Å²) < 4.78 is 72.0. The normalized spacial score (nSPS) is 26.6. The minimum absolute atomic E-state index is 0.162. The molecule has 0 aromatic carbocycles. The summed E-state index contributed by atoms with van der Waals surface area (Å²) in [5.74, 6) is -9.14. The van der Waals surface area contributed by atoms with E-state index in [4.69, 9.17) is 61.6 Å². The number of hydrogen-bond acceptors (Lipinski definition) is 36. The van der Waals surface area contributed by atoms with Gasteiger partial charge in [0.2, 0.25) is 65.0 Å². The quantitative estimate of drug-likeness (QED) is 0.0199. The maximum absolute atomic E-state index is 15.1. The van der Waals surface area contributed by atoms with Crippen LogP contribution < -0.4 is 47.9 Å². The topological polar surface area (TPSA) is 665 Å². The molecule has 1 aliphatic carbocycles. The molecule has 4 rings (SSSR count). The lowest BCUT2D eigenvalue weighted by Crippen LogP contribution is -2.64. The summed E-state index contributed by atoms with van der Waals surface area (Å²) >= 11 is 0. The van der Waals surface area contributed by atoms with Crippen molar-refractivity contribution in [3.05, 3.63) is 0 Å². The van der Waals surface area contributed by atoms with Crippen LogP contribution in [0.15, 0.2) is 0 Å². The third-order valence-corrected chi connectivity index (χ3v) is 18.6. The van der Waals surface area contributed by atoms with Gasteiger partial charge in [-0.25, -0.2) is 0 Å². The molecule has 0 bridgehead atoms. The summed E-state index contributed by atoms with van der Waals surface area (Å²) in [7, 11) is 2.69. The minimum Gasteiger partial charge on any atom is -0.394 e. The average molecular weight is 1680 g/mol. The van der Waals surface area contributed by atoms with E-state index in [0.717, 1.165) is 37.5 Å². The van der Waals surface area contributed by atoms with Gasteiger partial charge in [0.15, 0.2) is 25.1 Å². The Morgan fingerprint density at radius 3 is 1.13 bits per heavy atom. The second kappa shape index (κ2) is 55.1. The van der Waals surface area contributed by atoms with E-state index in [1.54, 1.807) is 0 Å². The van der Waals surface area contributed by atoms with E-state index in [2.05, 4.69) is 47.9 Å². The van der Waals surface area contributed by atoms with Crippen molar-refractivity contribution in [3.63, 3.8) is 0 Å². The largest absolute Gasteiger partial charge is 0.394 e. The number of nitrogens with one attached hydrogen (secondary N) is 9. The Morgan fingerprint density at radius 2 is 0.802 bits per heavy atom. The second-order valence-corrected chi connectivity index (χ2v) is 27.4. The van der Waals surface area contributed by atoms with Crippen LogP contribution in [0, 0.1) is 5.92 Å². The van der Waals surface area contributed by atoms with Crippen molar-refractivity contribution in [2.45, 2.75) is 195 Å². The summed E-state index contributed by atoms with van der Waals surface area (Å²) in [5, 5.41) is 145. The van der Waals surface area contributed by atoms with Gasteiger partial charge in [0.1, 0.15) is 124 Å². The summed E-state index contributed by atoms with van der Waals surface area (Å²) in [5.41, 5.74) is 0. The van der Waals surface area contributed by atoms with E-state index in [9.17, 15) is 109 Å². The van der Waals surface area contributed by atoms with E-state index >= 15 is 4.79 Å². The summed E-state index contributed by atoms with van der Waals surface area (Å²) in [6.07, 6.45) is -23.4. The van der Waals surface area contributed by atoms with Crippen LogP contribution in [0.1, 0.15) is 66.2 Å². The predicted octanol–water partition coefficient (Wildman–Crippen LogP) is -13.3. The molecule has 21 N–H and O–H groups in total. The number of hydrogen-bond donors (Lipinski definition) is 21. The van der Waals surface area contributed by atoms with Crippen molar-refractivity contribution in [3.8, 4) is 0 Å². The van der Waals surface area contributed by atoms with Crippen LogP contribution in [0.4, 0.5) is 0 Å². The van der Waals surface area contributed by atoms with Crippen LogP contribution in [0.5, 0.6) is 0 Å². The van der Waals surface area contributed by atoms with Crippen LogP contribution in [0.2, 0.25) is 0 Å². The van der Waals surface area contributed by atoms with Gasteiger partial charge in [0, 0.05) is 80.4 Å². The Bertz CT molecular complexity index is 2890. The van der Waals surface area contributed by atoms with Crippen LogP contribution in [0.25, 0.3) is 0 Å². The number of methoxy groups -OCH3 is 2. The SMILES string of the molecule is COC1CCC(C(=O)NC(CCC(=O)N(CC(=O)NCCOCCOC2OC(CO)C(O)C(O)C2NC(C)=O)CC(=O)NCCOCCOC2OC(CO)C(O)C(O)C2NC(C)=O)C(=O)N(CC(=O)NCCOCCOC(NC(C)=O)C(O)C(O)C(CO)OC)CC(=O)NCCOCCOC2OC(CO)C(O)C(O)C2NC(C)=O)CC1. The molecular weight excluding hydrogens is 1560 g/mol. The standard InChI is InChI=1S/C69H121N11O36/c1-37(85)74-53-60(98)57(95)45(34-82)114-67(53)111-26-22-107-18-13-70-48(89)29-79(30-49(90)71-14-19-108-23-27-112-68-54(75-38(2)86)61(99)58(96)46(35-83)115-68)52(93)12-11-43(78-64(102)41-7-9-42(104-5)10-8-41)66(103)80(31-50(91)72-15-17-106-21-25-110-65(77-40(4)88)63(101)56(94)44(33-81)105-6)32-51(92)73-16-20-109-24-28-113-69-55(76-39(3)87)62(100)59(97)47(36-84)116-69/h41-47,53-63,65,67-69,81-84,94-101H,7-36H2,1-6H3,(H,70,89)(H,71,90)(H,72,91)(H,73,92)(H,74,85)(H,75,86)(H,76,87)(H,77,88)(H,78,102). The average Bonchev–Trinajstić information content (AvgIpc) is 0.816. The molecule has 0 aromatic heterocycles. The van der Waals surface area contributed by atoms with Gasteiger partial charge < -0.3 is 181 Å². The Labute approximate surface area is 669 Å². The number of nitrogens with zero attached hydrogens (tertiary/aromatic N) is 2. The van der Waals surface area contributed by atoms with Crippen LogP contribution >= 0.6 is 0 Å². The lowest BCUT2D eigenvalue weighted by atomic mass is 9.86. The molecule has 3 aliphatic heterocycles. The summed E-state index contributed by atoms with van der Waals surface area (Å²) in [6, 6.07) is -5.42. The number of carbonyl (C=O) groups is 11. The van der Waals surface area contributed by atoms with Gasteiger partial charge in [-0.05, 0) is 32.1 Å². The van der Waals surface area contributed by atoms with Gasteiger partial charge >= 0.3 is 0 Å². The number of ether oxygens (including phenoxy) is 13. The number of aliphatic hydroxyl groups excluding tert-OH is 12. The van der Waals surface area contributed by atoms with Gasteiger partial charge in [-0.1, -0.05) is 0 Å². The van der Waals surface area contributed by atoms with Crippen LogP contribution in [-0.4, -0.2) is 437 Å². The van der Waals surface area contributed by atoms with Crippen molar-refractivity contribution < 1.29 is 176 Å². The molecule has 47 nitrogen and oxygen atoms in total. The number of rotatable bonds is 55. The molecular formula is C69H121N11O36. The zero-order chi connectivity index (χ0) is 86.0. The smallest absolute Gasteiger partial charge is 0.246 e. The highest BCUT2D eigenvalue weighted by Crippen LogP contribution is 2.28. The molecule has 0 spiro atoms. The Morgan fingerprint density at radius 1 is 0.440 bits per heavy atom. The molecule has 47 heteroatoms. The summed E-state index contributed by atoms with van der Waals surface area (Å²) in [6.45, 7) is -4.82. The fraction of sp³-hybridized carbons (Fsp3) is 0.841. The molecule has 3 saturated heterocycles. The van der Waals surface area contributed by atoms with E-state index in [1.165, 1.54) is 14.2 Å². The Hall–Kier alpha value is -6.83. The zero-order valence-electron chi connectivity index (χ0n) is 66.0. The molecule has 668 valence electrons. The van der Waals surface area contributed by atoms with E-state index in [1.807, 2.05) is 0 Å². The van der Waals surface area contributed by atoms with Gasteiger partial charge in [-0.2, -0.15) is 0 Å². The van der Waals surface area contributed by atoms with Gasteiger partial charge in [0.25, 0.3) is 0 Å². The predicted molar refractivity (Wildman–Crippen MR) is 390 cm³/mol. The highest BCUT2D eigenvalue weighted by Gasteiger charge is 2.48. The first kappa shape index (κ1) is 102. The molecule has 20 atom stereocenters. The minimum atomic E-state index is -1.78. The number of aliphatic hydroxyl groups is 12. The third kappa shape index (κ3) is 35.6. The van der Waals surface area contributed by atoms with E-state index < -0.39 is 259 Å². The fourth-order valence-electron chi connectivity index (χ4n) is 12.5. The zero-order valence-corrected chi connectivity index (χ0v) is 66.0. The lowest BCUT2D eigenvalue weighted by Gasteiger charge is -2.42. The van der Waals surface area contributed by atoms with Crippen molar-refractivity contribution in [2.75, 3.05) is 172 Å². The molecule has 20 unspecified atom stereocenters. The molecule has 4 aliphatic rings. The molecule has 1 saturated carbocycles. The second-order valence-electron chi connectivity index (χ2n) is 27.4. The molecule has 0 radical (unpaired) electrons. The van der Waals surface area contributed by atoms with Gasteiger partial charge in [0.05, 0.1) is 112 Å². The highest BCUT2D eigenvalue weighted by atomic mass is 16.7. The first-order valence-corrected chi connectivity index (χ1v) is 38.0. The fourth-order valence-corrected chi connectivity index (χ4v) is 12.5. The van der Waals surface area contributed by atoms with Crippen molar-refractivity contribution in [1.29, 1.82) is 0 Å². The first-order chi connectivity index (χ1) is 55.3. The number of carbonyl (C=O) groups excluding carboxylic acids is 11. The van der Waals surface area contributed by atoms with Crippen LogP contribution in [-0.2, 0) is 114 Å². The monoisotopic (exact) mass is 1680 g/mol. The Balaban J connectivity index is 1.54. The van der Waals surface area contributed by atoms with E-state index in [0.29, 0.717) is 25.7 Å². The summed E-state index contributed by atoms with van der Waals surface area (Å²) in [4.78, 5) is 148.